The number of ether oxygens (including phenoxy) is 2. The van der Waals surface area contributed by atoms with Gasteiger partial charge in [0.15, 0.2) is 0 Å². The maximum atomic E-state index is 14.5. The van der Waals surface area contributed by atoms with Gasteiger partial charge in [-0.1, -0.05) is 0 Å². The number of carbonyl (C=O) groups is 1. The van der Waals surface area contributed by atoms with E-state index >= 15 is 0 Å². The molecular formula is C18H23FN2O3. The van der Waals surface area contributed by atoms with Crippen molar-refractivity contribution in [1.82, 2.24) is 10.2 Å². The SMILES string of the molecule is COC(=O)c1cc(F)c2c(c1)CCN(C1CCOC3(CNC3)C1)C2. The molecule has 3 heterocycles. The van der Waals surface area contributed by atoms with Crippen LogP contribution in [0.3, 0.4) is 0 Å². The van der Waals surface area contributed by atoms with Crippen LogP contribution in [-0.4, -0.2) is 55.9 Å². The van der Waals surface area contributed by atoms with E-state index in [1.165, 1.54) is 13.2 Å². The van der Waals surface area contributed by atoms with E-state index in [0.29, 0.717) is 18.2 Å². The number of benzene rings is 1. The molecular weight excluding hydrogens is 311 g/mol. The highest BCUT2D eigenvalue weighted by molar-refractivity contribution is 5.89. The van der Waals surface area contributed by atoms with Gasteiger partial charge in [-0.15, -0.1) is 0 Å². The van der Waals surface area contributed by atoms with Crippen LogP contribution in [0.1, 0.15) is 34.3 Å². The van der Waals surface area contributed by atoms with Crippen molar-refractivity contribution in [3.05, 3.63) is 34.6 Å². The van der Waals surface area contributed by atoms with Gasteiger partial charge in [-0.05, 0) is 37.0 Å². The maximum absolute atomic E-state index is 14.5. The molecule has 6 heteroatoms. The number of methoxy groups -OCH3 is 1. The molecule has 0 aromatic heterocycles. The highest BCUT2D eigenvalue weighted by Crippen LogP contribution is 2.34. The van der Waals surface area contributed by atoms with Crippen LogP contribution < -0.4 is 5.32 Å². The van der Waals surface area contributed by atoms with Gasteiger partial charge in [0.25, 0.3) is 0 Å². The molecule has 1 aromatic carbocycles. The lowest BCUT2D eigenvalue weighted by Gasteiger charge is -2.50. The fraction of sp³-hybridized carbons (Fsp3) is 0.611. The number of hydrogen-bond donors (Lipinski definition) is 1. The Bertz CT molecular complexity index is 660. The van der Waals surface area contributed by atoms with Crippen LogP contribution in [0.4, 0.5) is 4.39 Å². The summed E-state index contributed by atoms with van der Waals surface area (Å²) in [6.07, 6.45) is 2.77. The summed E-state index contributed by atoms with van der Waals surface area (Å²) in [6, 6.07) is 3.52. The molecule has 1 aromatic rings. The minimum absolute atomic E-state index is 0.00349. The molecule has 0 radical (unpaired) electrons. The number of fused-ring (bicyclic) bond motifs is 1. The first-order valence-corrected chi connectivity index (χ1v) is 8.59. The summed E-state index contributed by atoms with van der Waals surface area (Å²) in [6.45, 7) is 4.12. The molecule has 130 valence electrons. The van der Waals surface area contributed by atoms with Crippen molar-refractivity contribution < 1.29 is 18.7 Å². The van der Waals surface area contributed by atoms with Crippen LogP contribution >= 0.6 is 0 Å². The molecule has 4 rings (SSSR count). The first kappa shape index (κ1) is 16.0. The van der Waals surface area contributed by atoms with Crippen molar-refractivity contribution in [1.29, 1.82) is 0 Å². The molecule has 0 aliphatic carbocycles. The lowest BCUT2D eigenvalue weighted by Crippen LogP contribution is -2.65. The van der Waals surface area contributed by atoms with Gasteiger partial charge in [-0.3, -0.25) is 4.90 Å². The van der Waals surface area contributed by atoms with E-state index in [1.54, 1.807) is 6.07 Å². The first-order chi connectivity index (χ1) is 11.6. The number of nitrogens with zero attached hydrogens (tertiary/aromatic N) is 1. The number of hydrogen-bond acceptors (Lipinski definition) is 5. The van der Waals surface area contributed by atoms with Crippen LogP contribution in [0.2, 0.25) is 0 Å². The Morgan fingerprint density at radius 3 is 3.00 bits per heavy atom. The molecule has 0 saturated carbocycles. The van der Waals surface area contributed by atoms with Crippen molar-refractivity contribution in [3.63, 3.8) is 0 Å². The highest BCUT2D eigenvalue weighted by Gasteiger charge is 2.44. The largest absolute Gasteiger partial charge is 0.465 e. The number of rotatable bonds is 2. The Balaban J connectivity index is 1.52. The molecule has 1 atom stereocenters. The second kappa shape index (κ2) is 6.10. The van der Waals surface area contributed by atoms with Gasteiger partial charge in [-0.25, -0.2) is 9.18 Å². The molecule has 0 amide bonds. The molecule has 5 nitrogen and oxygen atoms in total. The third-order valence-electron chi connectivity index (χ3n) is 5.62. The first-order valence-electron chi connectivity index (χ1n) is 8.59. The molecule has 24 heavy (non-hydrogen) atoms. The molecule has 2 fully saturated rings. The van der Waals surface area contributed by atoms with Crippen LogP contribution in [0, 0.1) is 5.82 Å². The van der Waals surface area contributed by atoms with Gasteiger partial charge in [0.05, 0.1) is 18.3 Å². The van der Waals surface area contributed by atoms with E-state index < -0.39 is 5.97 Å². The fourth-order valence-electron chi connectivity index (χ4n) is 4.15. The summed E-state index contributed by atoms with van der Waals surface area (Å²) in [5.41, 5.74) is 1.95. The monoisotopic (exact) mass is 334 g/mol. The Hall–Kier alpha value is -1.50. The average Bonchev–Trinajstić information content (AvgIpc) is 2.59. The van der Waals surface area contributed by atoms with Gasteiger partial charge in [0.2, 0.25) is 0 Å². The van der Waals surface area contributed by atoms with E-state index in [1.807, 2.05) is 0 Å². The maximum Gasteiger partial charge on any atom is 0.337 e. The summed E-state index contributed by atoms with van der Waals surface area (Å²) in [5.74, 6) is -0.785. The lowest BCUT2D eigenvalue weighted by molar-refractivity contribution is -0.134. The number of nitrogens with one attached hydrogen (secondary N) is 1. The summed E-state index contributed by atoms with van der Waals surface area (Å²) < 4.78 is 25.2. The Labute approximate surface area is 141 Å². The Kier molecular flexibility index (Phi) is 4.06. The average molecular weight is 334 g/mol. The summed E-state index contributed by atoms with van der Waals surface area (Å²) in [5, 5.41) is 3.29. The quantitative estimate of drug-likeness (QED) is 0.831. The predicted molar refractivity (Wildman–Crippen MR) is 86.4 cm³/mol. The summed E-state index contributed by atoms with van der Waals surface area (Å²) in [7, 11) is 1.32. The van der Waals surface area contributed by atoms with E-state index in [2.05, 4.69) is 10.2 Å². The van der Waals surface area contributed by atoms with Gasteiger partial charge in [0.1, 0.15) is 5.82 Å². The second-order valence-electron chi connectivity index (χ2n) is 7.09. The molecule has 1 spiro atoms. The molecule has 3 aliphatic rings. The van der Waals surface area contributed by atoms with E-state index in [9.17, 15) is 9.18 Å². The summed E-state index contributed by atoms with van der Waals surface area (Å²) in [4.78, 5) is 14.0. The predicted octanol–water partition coefficient (Wildman–Crippen LogP) is 1.49. The standard InChI is InChI=1S/C18H23FN2O3/c1-23-17(22)13-6-12-2-4-21(9-15(12)16(19)7-13)14-3-5-24-18(8-14)10-20-11-18/h6-7,14,20H,2-5,8-11H2,1H3. The highest BCUT2D eigenvalue weighted by atomic mass is 19.1. The minimum atomic E-state index is -0.483. The zero-order valence-electron chi connectivity index (χ0n) is 13.9. The van der Waals surface area contributed by atoms with Crippen molar-refractivity contribution in [3.8, 4) is 0 Å². The van der Waals surface area contributed by atoms with E-state index in [-0.39, 0.29) is 11.4 Å². The Morgan fingerprint density at radius 1 is 1.46 bits per heavy atom. The molecule has 3 aliphatic heterocycles. The number of esters is 1. The zero-order chi connectivity index (χ0) is 16.7. The van der Waals surface area contributed by atoms with Gasteiger partial charge in [-0.2, -0.15) is 0 Å². The van der Waals surface area contributed by atoms with Gasteiger partial charge >= 0.3 is 5.97 Å². The zero-order valence-corrected chi connectivity index (χ0v) is 13.9. The number of halogens is 1. The van der Waals surface area contributed by atoms with Crippen molar-refractivity contribution in [2.75, 3.05) is 33.4 Å². The number of carbonyl (C=O) groups excluding carboxylic acids is 1. The Morgan fingerprint density at radius 2 is 2.29 bits per heavy atom. The van der Waals surface area contributed by atoms with E-state index in [0.717, 1.165) is 56.6 Å². The molecule has 1 N–H and O–H groups in total. The van der Waals surface area contributed by atoms with Crippen LogP contribution in [-0.2, 0) is 22.4 Å². The third-order valence-corrected chi connectivity index (χ3v) is 5.62. The minimum Gasteiger partial charge on any atom is -0.465 e. The van der Waals surface area contributed by atoms with Gasteiger partial charge < -0.3 is 14.8 Å². The third kappa shape index (κ3) is 2.72. The van der Waals surface area contributed by atoms with Crippen molar-refractivity contribution >= 4 is 5.97 Å². The van der Waals surface area contributed by atoms with Crippen LogP contribution in [0.15, 0.2) is 12.1 Å². The topological polar surface area (TPSA) is 50.8 Å². The molecule has 1 unspecified atom stereocenters. The normalized spacial score (nSPS) is 25.8. The fourth-order valence-corrected chi connectivity index (χ4v) is 4.15. The van der Waals surface area contributed by atoms with Crippen LogP contribution in [0.5, 0.6) is 0 Å². The van der Waals surface area contributed by atoms with Gasteiger partial charge in [0, 0.05) is 44.4 Å². The van der Waals surface area contributed by atoms with E-state index in [4.69, 9.17) is 9.47 Å². The second-order valence-corrected chi connectivity index (χ2v) is 7.09. The smallest absolute Gasteiger partial charge is 0.337 e. The van der Waals surface area contributed by atoms with Crippen LogP contribution in [0.25, 0.3) is 0 Å². The van der Waals surface area contributed by atoms with Crippen molar-refractivity contribution in [2.45, 2.75) is 37.5 Å². The molecule has 0 bridgehead atoms. The van der Waals surface area contributed by atoms with Crippen molar-refractivity contribution in [2.24, 2.45) is 0 Å². The summed E-state index contributed by atoms with van der Waals surface area (Å²) >= 11 is 0. The molecule has 2 saturated heterocycles. The lowest BCUT2D eigenvalue weighted by atomic mass is 9.84.